The van der Waals surface area contributed by atoms with Gasteiger partial charge in [0, 0.05) is 24.2 Å². The molecule has 0 bridgehead atoms. The number of nitrogens with zero attached hydrogens (tertiary/aromatic N) is 2. The number of nitrogens with two attached hydrogens (primary N) is 1. The highest BCUT2D eigenvalue weighted by molar-refractivity contribution is 5.47. The zero-order valence-electron chi connectivity index (χ0n) is 11.2. The topological polar surface area (TPSA) is 75.9 Å². The van der Waals surface area contributed by atoms with Crippen LogP contribution in [0.15, 0.2) is 12.4 Å². The summed E-state index contributed by atoms with van der Waals surface area (Å²) in [6, 6.07) is 2.55. The van der Waals surface area contributed by atoms with Crippen LogP contribution in [0.25, 0.3) is 0 Å². The number of hydrogen-bond acceptors (Lipinski definition) is 5. The van der Waals surface area contributed by atoms with E-state index in [2.05, 4.69) is 20.6 Å². The van der Waals surface area contributed by atoms with Crippen molar-refractivity contribution in [3.63, 3.8) is 0 Å². The number of hydrogen-bond donors (Lipinski definition) is 3. The molecule has 2 rings (SSSR count). The third-order valence-electron chi connectivity index (χ3n) is 3.20. The van der Waals surface area contributed by atoms with E-state index < -0.39 is 0 Å². The summed E-state index contributed by atoms with van der Waals surface area (Å²) in [5.41, 5.74) is 5.79. The summed E-state index contributed by atoms with van der Waals surface area (Å²) < 4.78 is 0. The Hall–Kier alpha value is -1.36. The van der Waals surface area contributed by atoms with Gasteiger partial charge in [-0.1, -0.05) is 0 Å². The van der Waals surface area contributed by atoms with Crippen LogP contribution in [0.5, 0.6) is 0 Å². The molecule has 0 spiro atoms. The van der Waals surface area contributed by atoms with Gasteiger partial charge in [-0.3, -0.25) is 0 Å². The highest BCUT2D eigenvalue weighted by Gasteiger charge is 2.17. The van der Waals surface area contributed by atoms with Crippen molar-refractivity contribution in [3.05, 3.63) is 12.4 Å². The second kappa shape index (κ2) is 5.52. The van der Waals surface area contributed by atoms with Crippen molar-refractivity contribution in [2.75, 3.05) is 17.2 Å². The second-order valence-electron chi connectivity index (χ2n) is 5.73. The Balaban J connectivity index is 1.82. The van der Waals surface area contributed by atoms with E-state index in [4.69, 9.17) is 5.73 Å². The third-order valence-corrected chi connectivity index (χ3v) is 3.20. The number of rotatable bonds is 6. The lowest BCUT2D eigenvalue weighted by Crippen LogP contribution is -2.34. The van der Waals surface area contributed by atoms with Crippen LogP contribution in [0.3, 0.4) is 0 Å². The molecular formula is C13H23N5. The minimum absolute atomic E-state index is 0.146. The van der Waals surface area contributed by atoms with Crippen molar-refractivity contribution in [2.45, 2.75) is 51.1 Å². The molecule has 0 radical (unpaired) electrons. The quantitative estimate of drug-likeness (QED) is 0.718. The molecule has 0 aromatic carbocycles. The minimum Gasteiger partial charge on any atom is -0.370 e. The SMILES string of the molecule is CC(C)(N)CCNc1cc(NC2CCC2)ncn1. The van der Waals surface area contributed by atoms with Crippen molar-refractivity contribution in [3.8, 4) is 0 Å². The molecule has 1 aromatic heterocycles. The average molecular weight is 249 g/mol. The molecule has 0 aliphatic heterocycles. The lowest BCUT2D eigenvalue weighted by atomic mass is 9.93. The lowest BCUT2D eigenvalue weighted by Gasteiger charge is -2.26. The number of aromatic nitrogens is 2. The summed E-state index contributed by atoms with van der Waals surface area (Å²) >= 11 is 0. The van der Waals surface area contributed by atoms with Crippen molar-refractivity contribution in [1.29, 1.82) is 0 Å². The van der Waals surface area contributed by atoms with Gasteiger partial charge in [-0.05, 0) is 39.5 Å². The predicted molar refractivity (Wildman–Crippen MR) is 74.7 cm³/mol. The third kappa shape index (κ3) is 4.14. The summed E-state index contributed by atoms with van der Waals surface area (Å²) in [5.74, 6) is 1.76. The Bertz CT molecular complexity index is 381. The van der Waals surface area contributed by atoms with Gasteiger partial charge in [-0.2, -0.15) is 0 Å². The highest BCUT2D eigenvalue weighted by atomic mass is 15.1. The second-order valence-corrected chi connectivity index (χ2v) is 5.73. The van der Waals surface area contributed by atoms with Gasteiger partial charge >= 0.3 is 0 Å². The fourth-order valence-corrected chi connectivity index (χ4v) is 1.81. The largest absolute Gasteiger partial charge is 0.370 e. The molecule has 5 nitrogen and oxygen atoms in total. The van der Waals surface area contributed by atoms with E-state index in [1.165, 1.54) is 19.3 Å². The monoisotopic (exact) mass is 249 g/mol. The van der Waals surface area contributed by atoms with E-state index in [9.17, 15) is 0 Å². The van der Waals surface area contributed by atoms with Crippen LogP contribution in [-0.2, 0) is 0 Å². The van der Waals surface area contributed by atoms with Gasteiger partial charge < -0.3 is 16.4 Å². The smallest absolute Gasteiger partial charge is 0.131 e. The fraction of sp³-hybridized carbons (Fsp3) is 0.692. The maximum absolute atomic E-state index is 5.94. The van der Waals surface area contributed by atoms with Crippen LogP contribution in [0.2, 0.25) is 0 Å². The molecule has 1 fully saturated rings. The molecule has 1 saturated carbocycles. The molecule has 18 heavy (non-hydrogen) atoms. The van der Waals surface area contributed by atoms with Crippen LogP contribution < -0.4 is 16.4 Å². The van der Waals surface area contributed by atoms with Gasteiger partial charge in [0.2, 0.25) is 0 Å². The minimum atomic E-state index is -0.146. The van der Waals surface area contributed by atoms with E-state index in [0.717, 1.165) is 24.6 Å². The number of nitrogens with one attached hydrogen (secondary N) is 2. The van der Waals surface area contributed by atoms with Crippen LogP contribution in [0.1, 0.15) is 39.5 Å². The van der Waals surface area contributed by atoms with Gasteiger partial charge in [-0.15, -0.1) is 0 Å². The summed E-state index contributed by atoms with van der Waals surface area (Å²) in [5, 5.41) is 6.69. The molecule has 1 aromatic rings. The van der Waals surface area contributed by atoms with Gasteiger partial charge in [0.1, 0.15) is 18.0 Å². The van der Waals surface area contributed by atoms with E-state index in [0.29, 0.717) is 6.04 Å². The van der Waals surface area contributed by atoms with E-state index in [1.807, 2.05) is 19.9 Å². The van der Waals surface area contributed by atoms with E-state index >= 15 is 0 Å². The lowest BCUT2D eigenvalue weighted by molar-refractivity contribution is 0.444. The molecule has 5 heteroatoms. The van der Waals surface area contributed by atoms with Crippen molar-refractivity contribution < 1.29 is 0 Å². The van der Waals surface area contributed by atoms with E-state index in [-0.39, 0.29) is 5.54 Å². The Morgan fingerprint density at radius 3 is 2.67 bits per heavy atom. The molecule has 1 aliphatic rings. The number of anilines is 2. The van der Waals surface area contributed by atoms with Crippen LogP contribution in [0, 0.1) is 0 Å². The van der Waals surface area contributed by atoms with Gasteiger partial charge in [0.15, 0.2) is 0 Å². The first kappa shape index (κ1) is 13.1. The first-order valence-corrected chi connectivity index (χ1v) is 6.64. The maximum atomic E-state index is 5.94. The molecule has 1 aliphatic carbocycles. The van der Waals surface area contributed by atoms with Crippen molar-refractivity contribution in [2.24, 2.45) is 5.73 Å². The molecule has 0 unspecified atom stereocenters. The molecule has 1 heterocycles. The Morgan fingerprint density at radius 2 is 2.06 bits per heavy atom. The Labute approximate surface area is 109 Å². The molecule has 0 atom stereocenters. The van der Waals surface area contributed by atoms with Gasteiger partial charge in [0.05, 0.1) is 0 Å². The summed E-state index contributed by atoms with van der Waals surface area (Å²) in [7, 11) is 0. The van der Waals surface area contributed by atoms with Crippen molar-refractivity contribution in [1.82, 2.24) is 9.97 Å². The molecule has 100 valence electrons. The summed E-state index contributed by atoms with van der Waals surface area (Å²) in [4.78, 5) is 8.44. The molecular weight excluding hydrogens is 226 g/mol. The molecule has 0 saturated heterocycles. The first-order chi connectivity index (χ1) is 8.53. The van der Waals surface area contributed by atoms with Crippen LogP contribution in [0.4, 0.5) is 11.6 Å². The predicted octanol–water partition coefficient (Wildman–Crippen LogP) is 1.98. The first-order valence-electron chi connectivity index (χ1n) is 6.64. The fourth-order valence-electron chi connectivity index (χ4n) is 1.81. The van der Waals surface area contributed by atoms with Gasteiger partial charge in [-0.25, -0.2) is 9.97 Å². The zero-order chi connectivity index (χ0) is 13.0. The molecule has 4 N–H and O–H groups in total. The highest BCUT2D eigenvalue weighted by Crippen LogP contribution is 2.22. The van der Waals surface area contributed by atoms with E-state index in [1.54, 1.807) is 6.33 Å². The summed E-state index contributed by atoms with van der Waals surface area (Å²) in [6.45, 7) is 4.87. The van der Waals surface area contributed by atoms with Gasteiger partial charge in [0.25, 0.3) is 0 Å². The average Bonchev–Trinajstić information content (AvgIpc) is 2.22. The maximum Gasteiger partial charge on any atom is 0.131 e. The van der Waals surface area contributed by atoms with Crippen LogP contribution in [-0.4, -0.2) is 28.1 Å². The Morgan fingerprint density at radius 1 is 1.33 bits per heavy atom. The Kier molecular flexibility index (Phi) is 4.01. The normalized spacial score (nSPS) is 16.2. The van der Waals surface area contributed by atoms with Crippen LogP contribution >= 0.6 is 0 Å². The zero-order valence-corrected chi connectivity index (χ0v) is 11.2. The summed E-state index contributed by atoms with van der Waals surface area (Å²) in [6.07, 6.45) is 6.31. The van der Waals surface area contributed by atoms with Crippen molar-refractivity contribution >= 4 is 11.6 Å². The molecule has 0 amide bonds. The standard InChI is InChI=1S/C13H23N5/c1-13(2,14)6-7-15-11-8-12(17-9-16-11)18-10-4-3-5-10/h8-10H,3-7,14H2,1-2H3,(H2,15,16,17,18).